The van der Waals surface area contributed by atoms with Gasteiger partial charge in [-0.25, -0.2) is 4.79 Å². The quantitative estimate of drug-likeness (QED) is 0.543. The fourth-order valence-corrected chi connectivity index (χ4v) is 5.29. The molecule has 0 saturated carbocycles. The van der Waals surface area contributed by atoms with E-state index in [1.807, 2.05) is 68.3 Å². The molecule has 2 aromatic carbocycles. The molecule has 184 valence electrons. The maximum Gasteiger partial charge on any atom is 0.410 e. The summed E-state index contributed by atoms with van der Waals surface area (Å²) in [6.45, 7) is 9.08. The van der Waals surface area contributed by atoms with E-state index in [1.54, 1.807) is 11.7 Å². The minimum absolute atomic E-state index is 0.0498. The van der Waals surface area contributed by atoms with Gasteiger partial charge in [0.2, 0.25) is 0 Å². The summed E-state index contributed by atoms with van der Waals surface area (Å²) in [5.74, 6) is 0.735. The van der Waals surface area contributed by atoms with Crippen LogP contribution in [0.1, 0.15) is 33.6 Å². The monoisotopic (exact) mass is 475 g/mol. The van der Waals surface area contributed by atoms with Crippen molar-refractivity contribution in [1.29, 1.82) is 0 Å². The van der Waals surface area contributed by atoms with E-state index in [1.165, 1.54) is 0 Å². The lowest BCUT2D eigenvalue weighted by molar-refractivity contribution is 0.0276. The molecule has 2 fully saturated rings. The second-order valence-corrected chi connectivity index (χ2v) is 10.8. The Labute approximate surface area is 205 Å². The molecule has 2 aliphatic rings. The van der Waals surface area contributed by atoms with Gasteiger partial charge in [0.1, 0.15) is 11.4 Å². The van der Waals surface area contributed by atoms with Gasteiger partial charge in [0, 0.05) is 54.6 Å². The minimum atomic E-state index is -0.476. The summed E-state index contributed by atoms with van der Waals surface area (Å²) in [6.07, 6.45) is 3.66. The molecule has 0 radical (unpaired) electrons. The standard InChI is InChI=1S/C28H33N3O4/c1-27(2,3)35-26(33)30-16-13-28(19-30)12-15-29(18-28)21-5-7-22(8-6-21)31-14-11-20-17-23(34-4)9-10-24(20)25(31)32/h5-11,14,17H,12-13,15-16,18-19H2,1-4H3/t28-/m0/s1. The van der Waals surface area contributed by atoms with Crippen LogP contribution in [0.2, 0.25) is 0 Å². The van der Waals surface area contributed by atoms with Gasteiger partial charge in [-0.15, -0.1) is 0 Å². The Kier molecular flexibility index (Phi) is 5.74. The van der Waals surface area contributed by atoms with Crippen LogP contribution in [0.4, 0.5) is 10.5 Å². The summed E-state index contributed by atoms with van der Waals surface area (Å²) in [6, 6.07) is 15.6. The highest BCUT2D eigenvalue weighted by molar-refractivity contribution is 5.83. The molecule has 3 heterocycles. The number of fused-ring (bicyclic) bond motifs is 1. The molecule has 1 atom stereocenters. The molecule has 3 aromatic rings. The number of carbonyl (C=O) groups is 1. The Hall–Kier alpha value is -3.48. The first-order valence-corrected chi connectivity index (χ1v) is 12.2. The van der Waals surface area contributed by atoms with Gasteiger partial charge in [-0.05, 0) is 87.5 Å². The lowest BCUT2D eigenvalue weighted by atomic mass is 9.86. The van der Waals surface area contributed by atoms with Gasteiger partial charge in [0.25, 0.3) is 5.56 Å². The number of benzene rings is 2. The van der Waals surface area contributed by atoms with Gasteiger partial charge in [-0.1, -0.05) is 0 Å². The molecule has 1 aromatic heterocycles. The molecule has 7 heteroatoms. The number of likely N-dealkylation sites (tertiary alicyclic amines) is 1. The zero-order valence-electron chi connectivity index (χ0n) is 20.9. The van der Waals surface area contributed by atoms with Crippen molar-refractivity contribution in [2.75, 3.05) is 38.2 Å². The first-order valence-electron chi connectivity index (χ1n) is 12.2. The van der Waals surface area contributed by atoms with E-state index in [9.17, 15) is 9.59 Å². The zero-order chi connectivity index (χ0) is 24.8. The third-order valence-corrected chi connectivity index (χ3v) is 7.13. The van der Waals surface area contributed by atoms with Crippen LogP contribution >= 0.6 is 0 Å². The number of aromatic nitrogens is 1. The van der Waals surface area contributed by atoms with Crippen molar-refractivity contribution in [1.82, 2.24) is 9.47 Å². The molecule has 0 aliphatic carbocycles. The molecule has 0 unspecified atom stereocenters. The molecule has 0 N–H and O–H groups in total. The highest BCUT2D eigenvalue weighted by Gasteiger charge is 2.45. The van der Waals surface area contributed by atoms with Gasteiger partial charge in [-0.3, -0.25) is 9.36 Å². The second kappa shape index (κ2) is 8.63. The van der Waals surface area contributed by atoms with Crippen LogP contribution in [0.5, 0.6) is 5.75 Å². The molecule has 0 bridgehead atoms. The lowest BCUT2D eigenvalue weighted by Crippen LogP contribution is -2.37. The van der Waals surface area contributed by atoms with E-state index >= 15 is 0 Å². The lowest BCUT2D eigenvalue weighted by Gasteiger charge is -2.27. The number of rotatable bonds is 3. The second-order valence-electron chi connectivity index (χ2n) is 10.8. The van der Waals surface area contributed by atoms with E-state index in [2.05, 4.69) is 17.0 Å². The Bertz CT molecular complexity index is 1310. The highest BCUT2D eigenvalue weighted by atomic mass is 16.6. The fourth-order valence-electron chi connectivity index (χ4n) is 5.29. The van der Waals surface area contributed by atoms with Crippen molar-refractivity contribution in [2.45, 2.75) is 39.2 Å². The Morgan fingerprint density at radius 1 is 0.943 bits per heavy atom. The van der Waals surface area contributed by atoms with Gasteiger partial charge >= 0.3 is 6.09 Å². The van der Waals surface area contributed by atoms with Gasteiger partial charge in [0.15, 0.2) is 0 Å². The predicted octanol–water partition coefficient (Wildman–Crippen LogP) is 4.84. The normalized spacial score (nSPS) is 20.1. The van der Waals surface area contributed by atoms with E-state index in [0.717, 1.165) is 61.5 Å². The third-order valence-electron chi connectivity index (χ3n) is 7.13. The summed E-state index contributed by atoms with van der Waals surface area (Å²) in [4.78, 5) is 29.9. The topological polar surface area (TPSA) is 64.0 Å². The van der Waals surface area contributed by atoms with Crippen molar-refractivity contribution in [2.24, 2.45) is 5.41 Å². The molecular weight excluding hydrogens is 442 g/mol. The summed E-state index contributed by atoms with van der Waals surface area (Å²) in [5.41, 5.74) is 1.57. The van der Waals surface area contributed by atoms with E-state index in [0.29, 0.717) is 5.39 Å². The summed E-state index contributed by atoms with van der Waals surface area (Å²) >= 11 is 0. The van der Waals surface area contributed by atoms with Crippen molar-refractivity contribution in [3.8, 4) is 11.4 Å². The Balaban J connectivity index is 1.29. The molecule has 5 rings (SSSR count). The Morgan fingerprint density at radius 3 is 2.37 bits per heavy atom. The van der Waals surface area contributed by atoms with Crippen LogP contribution < -0.4 is 15.2 Å². The number of methoxy groups -OCH3 is 1. The molecule has 1 amide bonds. The van der Waals surface area contributed by atoms with E-state index in [4.69, 9.17) is 9.47 Å². The van der Waals surface area contributed by atoms with Gasteiger partial charge in [0.05, 0.1) is 7.11 Å². The van der Waals surface area contributed by atoms with Crippen LogP contribution in [-0.2, 0) is 4.74 Å². The molecular formula is C28H33N3O4. The van der Waals surface area contributed by atoms with E-state index < -0.39 is 5.60 Å². The number of hydrogen-bond acceptors (Lipinski definition) is 5. The smallest absolute Gasteiger partial charge is 0.410 e. The number of ether oxygens (including phenoxy) is 2. The fraction of sp³-hybridized carbons (Fsp3) is 0.429. The number of anilines is 1. The Morgan fingerprint density at radius 2 is 1.66 bits per heavy atom. The average molecular weight is 476 g/mol. The van der Waals surface area contributed by atoms with Crippen LogP contribution in [0, 0.1) is 5.41 Å². The molecule has 7 nitrogen and oxygen atoms in total. The highest BCUT2D eigenvalue weighted by Crippen LogP contribution is 2.41. The molecule has 1 spiro atoms. The average Bonchev–Trinajstić information content (AvgIpc) is 3.45. The van der Waals surface area contributed by atoms with Gasteiger partial charge in [-0.2, -0.15) is 0 Å². The molecule has 2 saturated heterocycles. The number of nitrogens with zero attached hydrogens (tertiary/aromatic N) is 3. The summed E-state index contributed by atoms with van der Waals surface area (Å²) < 4.78 is 12.5. The third kappa shape index (κ3) is 4.59. The molecule has 35 heavy (non-hydrogen) atoms. The SMILES string of the molecule is COc1ccc2c(=O)n(-c3ccc(N4CC[C@]5(CCN(C(=O)OC(C)(C)C)C5)C4)cc3)ccc2c1. The van der Waals surface area contributed by atoms with Crippen LogP contribution in [0.3, 0.4) is 0 Å². The largest absolute Gasteiger partial charge is 0.497 e. The van der Waals surface area contributed by atoms with Crippen LogP contribution in [0.15, 0.2) is 59.5 Å². The first-order chi connectivity index (χ1) is 16.7. The van der Waals surface area contributed by atoms with Crippen molar-refractivity contribution in [3.63, 3.8) is 0 Å². The van der Waals surface area contributed by atoms with E-state index in [-0.39, 0.29) is 17.1 Å². The summed E-state index contributed by atoms with van der Waals surface area (Å²) in [5, 5.41) is 1.52. The van der Waals surface area contributed by atoms with Crippen LogP contribution in [0.25, 0.3) is 16.5 Å². The number of amides is 1. The first kappa shape index (κ1) is 23.3. The van der Waals surface area contributed by atoms with Crippen molar-refractivity contribution < 1.29 is 14.3 Å². The van der Waals surface area contributed by atoms with Crippen molar-refractivity contribution >= 4 is 22.6 Å². The number of carbonyl (C=O) groups excluding carboxylic acids is 1. The number of hydrogen-bond donors (Lipinski definition) is 0. The maximum atomic E-state index is 13.1. The van der Waals surface area contributed by atoms with Crippen molar-refractivity contribution in [3.05, 3.63) is 65.1 Å². The predicted molar refractivity (Wildman–Crippen MR) is 138 cm³/mol. The number of pyridine rings is 1. The van der Waals surface area contributed by atoms with Gasteiger partial charge < -0.3 is 19.3 Å². The zero-order valence-corrected chi connectivity index (χ0v) is 20.9. The minimum Gasteiger partial charge on any atom is -0.497 e. The maximum absolute atomic E-state index is 13.1. The summed E-state index contributed by atoms with van der Waals surface area (Å²) in [7, 11) is 1.62. The van der Waals surface area contributed by atoms with Crippen LogP contribution in [-0.4, -0.2) is 54.5 Å². The molecule has 2 aliphatic heterocycles.